The molecule has 1 aromatic rings. The first-order valence-electron chi connectivity index (χ1n) is 6.84. The average Bonchev–Trinajstić information content (AvgIpc) is 2.48. The van der Waals surface area contributed by atoms with Crippen LogP contribution in [-0.4, -0.2) is 46.8 Å². The van der Waals surface area contributed by atoms with E-state index < -0.39 is 23.7 Å². The number of nitrogens with zero attached hydrogens (tertiary/aromatic N) is 2. The fraction of sp³-hybridized carbons (Fsp3) is 0.462. The molecule has 0 spiro atoms. The number of halogens is 2. The van der Waals surface area contributed by atoms with Gasteiger partial charge in [0.05, 0.1) is 16.7 Å². The van der Waals surface area contributed by atoms with Gasteiger partial charge in [0.1, 0.15) is 5.75 Å². The highest BCUT2D eigenvalue weighted by molar-refractivity contribution is 5.91. The molecular weight excluding hydrogens is 316 g/mol. The Bertz CT molecular complexity index is 599. The van der Waals surface area contributed by atoms with Crippen molar-refractivity contribution in [3.63, 3.8) is 0 Å². The minimum absolute atomic E-state index is 0.103. The second-order valence-electron chi connectivity index (χ2n) is 4.99. The Labute approximate surface area is 129 Å². The van der Waals surface area contributed by atoms with Gasteiger partial charge in [-0.2, -0.15) is 8.78 Å². The van der Waals surface area contributed by atoms with E-state index in [1.165, 1.54) is 4.90 Å². The number of nitrogens with one attached hydrogen (secondary N) is 1. The number of carbonyl (C=O) groups is 1. The number of carbonyl (C=O) groups excluding carboxylic acids is 1. The maximum absolute atomic E-state index is 12.4. The normalized spacial score (nSPS) is 17.9. The Hall–Kier alpha value is -2.49. The summed E-state index contributed by atoms with van der Waals surface area (Å²) >= 11 is 0. The number of hydrogen-bond donors (Lipinski definition) is 2. The second kappa shape index (κ2) is 7.18. The molecular formula is C13H15F2N3O5. The summed E-state index contributed by atoms with van der Waals surface area (Å²) in [6.45, 7) is -2.64. The molecule has 1 aliphatic rings. The molecule has 10 heteroatoms. The van der Waals surface area contributed by atoms with E-state index in [0.29, 0.717) is 19.4 Å². The lowest BCUT2D eigenvalue weighted by molar-refractivity contribution is -0.384. The largest absolute Gasteiger partial charge is 0.433 e. The minimum atomic E-state index is -3.14. The van der Waals surface area contributed by atoms with Crippen molar-refractivity contribution in [3.8, 4) is 5.75 Å². The number of hydrogen-bond acceptors (Lipinski definition) is 5. The Morgan fingerprint density at radius 2 is 2.26 bits per heavy atom. The third kappa shape index (κ3) is 4.49. The first-order valence-corrected chi connectivity index (χ1v) is 6.84. The van der Waals surface area contributed by atoms with E-state index in [4.69, 9.17) is 0 Å². The third-order valence-corrected chi connectivity index (χ3v) is 3.32. The molecule has 1 aromatic carbocycles. The summed E-state index contributed by atoms with van der Waals surface area (Å²) < 4.78 is 29.0. The quantitative estimate of drug-likeness (QED) is 0.650. The molecule has 1 aliphatic heterocycles. The number of likely N-dealkylation sites (tertiary alicyclic amines) is 1. The number of aliphatic hydroxyl groups is 1. The molecule has 1 saturated heterocycles. The van der Waals surface area contributed by atoms with E-state index in [1.807, 2.05) is 0 Å². The van der Waals surface area contributed by atoms with Gasteiger partial charge in [0.25, 0.3) is 5.69 Å². The number of amides is 2. The molecule has 2 rings (SSSR count). The molecule has 0 saturated carbocycles. The van der Waals surface area contributed by atoms with Gasteiger partial charge in [-0.15, -0.1) is 0 Å². The van der Waals surface area contributed by atoms with Crippen LogP contribution in [0.2, 0.25) is 0 Å². The average molecular weight is 331 g/mol. The lowest BCUT2D eigenvalue weighted by Crippen LogP contribution is -2.44. The summed E-state index contributed by atoms with van der Waals surface area (Å²) in [4.78, 5) is 23.5. The van der Waals surface area contributed by atoms with E-state index >= 15 is 0 Å². The van der Waals surface area contributed by atoms with Gasteiger partial charge in [-0.05, 0) is 18.9 Å². The Balaban J connectivity index is 2.19. The zero-order chi connectivity index (χ0) is 17.0. The number of ether oxygens (including phenoxy) is 1. The maximum Gasteiger partial charge on any atom is 0.387 e. The van der Waals surface area contributed by atoms with Gasteiger partial charge in [-0.25, -0.2) is 4.79 Å². The fourth-order valence-electron chi connectivity index (χ4n) is 2.26. The minimum Gasteiger partial charge on any atom is -0.433 e. The van der Waals surface area contributed by atoms with Crippen molar-refractivity contribution in [3.05, 3.63) is 28.3 Å². The maximum atomic E-state index is 12.4. The van der Waals surface area contributed by atoms with E-state index in [2.05, 4.69) is 10.1 Å². The Morgan fingerprint density at radius 3 is 2.87 bits per heavy atom. The number of non-ortho nitro benzene ring substituents is 1. The first kappa shape index (κ1) is 16.9. The number of rotatable bonds is 4. The van der Waals surface area contributed by atoms with Crippen LogP contribution in [0.5, 0.6) is 5.75 Å². The van der Waals surface area contributed by atoms with E-state index in [-0.39, 0.29) is 23.7 Å². The zero-order valence-electron chi connectivity index (χ0n) is 11.9. The molecule has 0 unspecified atom stereocenters. The number of piperidine rings is 1. The van der Waals surface area contributed by atoms with E-state index in [1.54, 1.807) is 0 Å². The molecule has 2 N–H and O–H groups in total. The fourth-order valence-corrected chi connectivity index (χ4v) is 2.26. The molecule has 0 aromatic heterocycles. The van der Waals surface area contributed by atoms with Gasteiger partial charge in [0.2, 0.25) is 0 Å². The summed E-state index contributed by atoms with van der Waals surface area (Å²) in [5.74, 6) is -0.378. The van der Waals surface area contributed by atoms with Crippen LogP contribution in [-0.2, 0) is 0 Å². The predicted molar refractivity (Wildman–Crippen MR) is 75.6 cm³/mol. The van der Waals surface area contributed by atoms with Crippen molar-refractivity contribution >= 4 is 17.4 Å². The summed E-state index contributed by atoms with van der Waals surface area (Å²) in [6, 6.07) is 2.28. The van der Waals surface area contributed by atoms with Crippen LogP contribution in [0, 0.1) is 10.1 Å². The summed E-state index contributed by atoms with van der Waals surface area (Å²) in [5, 5.41) is 22.6. The molecule has 2 amide bonds. The van der Waals surface area contributed by atoms with Gasteiger partial charge in [0, 0.05) is 25.2 Å². The first-order chi connectivity index (χ1) is 10.9. The SMILES string of the molecule is O=C(Nc1cc([N+](=O)[O-])ccc1OC(F)F)N1CCC[C@H](O)C1. The standard InChI is InChI=1S/C13H15F2N3O5/c14-12(15)23-11-4-3-8(18(21)22)6-10(11)16-13(20)17-5-1-2-9(19)7-17/h3-4,6,9,12,19H,1-2,5,7H2,(H,16,20)/t9-/m0/s1. The number of alkyl halides is 2. The number of aliphatic hydroxyl groups excluding tert-OH is 1. The Kier molecular flexibility index (Phi) is 5.27. The highest BCUT2D eigenvalue weighted by Crippen LogP contribution is 2.30. The number of urea groups is 1. The van der Waals surface area contributed by atoms with Gasteiger partial charge < -0.3 is 20.1 Å². The summed E-state index contributed by atoms with van der Waals surface area (Å²) in [7, 11) is 0. The lowest BCUT2D eigenvalue weighted by Gasteiger charge is -2.30. The molecule has 1 atom stereocenters. The van der Waals surface area contributed by atoms with Crippen LogP contribution in [0.1, 0.15) is 12.8 Å². The Morgan fingerprint density at radius 1 is 1.52 bits per heavy atom. The molecule has 0 aliphatic carbocycles. The molecule has 126 valence electrons. The second-order valence-corrected chi connectivity index (χ2v) is 4.99. The summed E-state index contributed by atoms with van der Waals surface area (Å²) in [5.41, 5.74) is -0.606. The number of anilines is 1. The van der Waals surface area contributed by atoms with Crippen molar-refractivity contribution in [2.75, 3.05) is 18.4 Å². The lowest BCUT2D eigenvalue weighted by atomic mass is 10.1. The summed E-state index contributed by atoms with van der Waals surface area (Å²) in [6.07, 6.45) is 0.515. The van der Waals surface area contributed by atoms with Crippen molar-refractivity contribution < 1.29 is 28.3 Å². The van der Waals surface area contributed by atoms with Crippen molar-refractivity contribution in [2.24, 2.45) is 0 Å². The van der Waals surface area contributed by atoms with Crippen LogP contribution >= 0.6 is 0 Å². The highest BCUT2D eigenvalue weighted by Gasteiger charge is 2.24. The van der Waals surface area contributed by atoms with Crippen LogP contribution in [0.4, 0.5) is 25.0 Å². The third-order valence-electron chi connectivity index (χ3n) is 3.32. The van der Waals surface area contributed by atoms with Gasteiger partial charge in [-0.1, -0.05) is 0 Å². The van der Waals surface area contributed by atoms with E-state index in [9.17, 15) is 28.8 Å². The molecule has 0 radical (unpaired) electrons. The van der Waals surface area contributed by atoms with Gasteiger partial charge >= 0.3 is 12.6 Å². The molecule has 23 heavy (non-hydrogen) atoms. The van der Waals surface area contributed by atoms with Crippen molar-refractivity contribution in [2.45, 2.75) is 25.6 Å². The molecule has 8 nitrogen and oxygen atoms in total. The number of β-amino-alcohol motifs (C(OH)–C–C–N with tert-alkyl or cyclic N) is 1. The molecule has 1 fully saturated rings. The molecule has 0 bridgehead atoms. The van der Waals surface area contributed by atoms with Crippen LogP contribution < -0.4 is 10.1 Å². The monoisotopic (exact) mass is 331 g/mol. The van der Waals surface area contributed by atoms with Crippen LogP contribution in [0.3, 0.4) is 0 Å². The number of nitro groups is 1. The molecule has 1 heterocycles. The highest BCUT2D eigenvalue weighted by atomic mass is 19.3. The van der Waals surface area contributed by atoms with Crippen molar-refractivity contribution in [1.29, 1.82) is 0 Å². The number of benzene rings is 1. The van der Waals surface area contributed by atoms with Gasteiger partial charge in [0.15, 0.2) is 0 Å². The van der Waals surface area contributed by atoms with Crippen molar-refractivity contribution in [1.82, 2.24) is 4.90 Å². The predicted octanol–water partition coefficient (Wildman–Crippen LogP) is 2.18. The van der Waals surface area contributed by atoms with Gasteiger partial charge in [-0.3, -0.25) is 10.1 Å². The van der Waals surface area contributed by atoms with E-state index in [0.717, 1.165) is 18.2 Å². The van der Waals surface area contributed by atoms with Crippen LogP contribution in [0.15, 0.2) is 18.2 Å². The topological polar surface area (TPSA) is 105 Å². The zero-order valence-corrected chi connectivity index (χ0v) is 11.9. The van der Waals surface area contributed by atoms with Crippen LogP contribution in [0.25, 0.3) is 0 Å². The smallest absolute Gasteiger partial charge is 0.387 e. The number of nitro benzene ring substituents is 1.